The topological polar surface area (TPSA) is 42.2 Å². The quantitative estimate of drug-likeness (QED) is 0.706. The molecule has 0 aliphatic carbocycles. The van der Waals surface area contributed by atoms with Gasteiger partial charge in [0.05, 0.1) is 22.3 Å². The molecule has 3 aromatic rings. The van der Waals surface area contributed by atoms with Crippen molar-refractivity contribution in [3.05, 3.63) is 65.6 Å². The third kappa shape index (κ3) is 2.44. The third-order valence-corrected chi connectivity index (χ3v) is 3.51. The number of aromatic carboxylic acids is 1. The van der Waals surface area contributed by atoms with Crippen molar-refractivity contribution in [1.82, 2.24) is 4.57 Å². The number of rotatable bonds is 2. The van der Waals surface area contributed by atoms with Crippen LogP contribution in [0.15, 0.2) is 48.7 Å². The van der Waals surface area contributed by atoms with Crippen molar-refractivity contribution in [3.8, 4) is 5.69 Å². The predicted octanol–water partition coefficient (Wildman–Crippen LogP) is 4.49. The summed E-state index contributed by atoms with van der Waals surface area (Å²) in [5.74, 6) is -2.57. The molecule has 1 N–H and O–H groups in total. The fourth-order valence-corrected chi connectivity index (χ4v) is 2.49. The largest absolute Gasteiger partial charge is 0.478 e. The highest BCUT2D eigenvalue weighted by molar-refractivity contribution is 6.03. The summed E-state index contributed by atoms with van der Waals surface area (Å²) < 4.78 is 53.9. The fourth-order valence-electron chi connectivity index (χ4n) is 2.49. The molecule has 118 valence electrons. The lowest BCUT2D eigenvalue weighted by Crippen LogP contribution is -2.10. The summed E-state index contributed by atoms with van der Waals surface area (Å²) in [7, 11) is 0. The van der Waals surface area contributed by atoms with Gasteiger partial charge in [-0.05, 0) is 30.3 Å². The number of carbonyl (C=O) groups is 1. The minimum absolute atomic E-state index is 0.00589. The Morgan fingerprint density at radius 2 is 1.74 bits per heavy atom. The van der Waals surface area contributed by atoms with Crippen LogP contribution in [0.1, 0.15) is 15.9 Å². The number of halogens is 4. The first kappa shape index (κ1) is 15.1. The second kappa shape index (κ2) is 5.12. The maximum atomic E-state index is 14.3. The fraction of sp³-hybridized carbons (Fsp3) is 0.0625. The Labute approximate surface area is 127 Å². The van der Waals surface area contributed by atoms with Gasteiger partial charge in [0.15, 0.2) is 5.82 Å². The van der Waals surface area contributed by atoms with Crippen LogP contribution < -0.4 is 0 Å². The molecule has 1 heterocycles. The molecule has 0 aliphatic heterocycles. The predicted molar refractivity (Wildman–Crippen MR) is 75.2 cm³/mol. The number of hydrogen-bond acceptors (Lipinski definition) is 1. The van der Waals surface area contributed by atoms with E-state index >= 15 is 0 Å². The third-order valence-electron chi connectivity index (χ3n) is 3.51. The van der Waals surface area contributed by atoms with Gasteiger partial charge in [0.25, 0.3) is 0 Å². The van der Waals surface area contributed by atoms with Gasteiger partial charge in [-0.3, -0.25) is 0 Å². The summed E-state index contributed by atoms with van der Waals surface area (Å²) in [5, 5.41) is 9.45. The lowest BCUT2D eigenvalue weighted by Gasteiger charge is -2.13. The highest BCUT2D eigenvalue weighted by Crippen LogP contribution is 2.34. The summed E-state index contributed by atoms with van der Waals surface area (Å²) in [6, 6.07) is 8.74. The van der Waals surface area contributed by atoms with Crippen molar-refractivity contribution in [2.24, 2.45) is 0 Å². The normalized spacial score (nSPS) is 11.8. The SMILES string of the molecule is O=C(O)c1cccc2c1ccn2-c1cccc(C(F)(F)F)c1F. The zero-order valence-electron chi connectivity index (χ0n) is 11.4. The van der Waals surface area contributed by atoms with E-state index in [9.17, 15) is 22.4 Å². The van der Waals surface area contributed by atoms with Gasteiger partial charge in [-0.25, -0.2) is 9.18 Å². The van der Waals surface area contributed by atoms with Crippen molar-refractivity contribution in [3.63, 3.8) is 0 Å². The zero-order valence-corrected chi connectivity index (χ0v) is 11.4. The van der Waals surface area contributed by atoms with Crippen LogP contribution >= 0.6 is 0 Å². The monoisotopic (exact) mass is 323 g/mol. The van der Waals surface area contributed by atoms with Crippen molar-refractivity contribution >= 4 is 16.9 Å². The average Bonchev–Trinajstić information content (AvgIpc) is 2.89. The number of aromatic nitrogens is 1. The zero-order chi connectivity index (χ0) is 16.8. The Morgan fingerprint density at radius 3 is 2.39 bits per heavy atom. The van der Waals surface area contributed by atoms with E-state index in [0.717, 1.165) is 6.07 Å². The molecule has 3 nitrogen and oxygen atoms in total. The number of benzene rings is 2. The van der Waals surface area contributed by atoms with Crippen LogP contribution in [0, 0.1) is 5.82 Å². The standard InChI is InChI=1S/C16H9F4NO2/c17-14-11(16(18,19)20)4-2-6-13(14)21-8-7-9-10(15(22)23)3-1-5-12(9)21/h1-8H,(H,22,23). The van der Waals surface area contributed by atoms with Gasteiger partial charge in [0, 0.05) is 11.6 Å². The molecule has 23 heavy (non-hydrogen) atoms. The lowest BCUT2D eigenvalue weighted by atomic mass is 10.1. The summed E-state index contributed by atoms with van der Waals surface area (Å²) in [4.78, 5) is 11.2. The molecular formula is C16H9F4NO2. The minimum Gasteiger partial charge on any atom is -0.478 e. The molecule has 1 aromatic heterocycles. The average molecular weight is 323 g/mol. The van der Waals surface area contributed by atoms with Gasteiger partial charge < -0.3 is 9.67 Å². The molecule has 0 atom stereocenters. The number of alkyl halides is 3. The van der Waals surface area contributed by atoms with Crippen molar-refractivity contribution in [1.29, 1.82) is 0 Å². The van der Waals surface area contributed by atoms with E-state index in [1.807, 2.05) is 0 Å². The van der Waals surface area contributed by atoms with E-state index in [4.69, 9.17) is 5.11 Å². The number of carboxylic acids is 1. The van der Waals surface area contributed by atoms with Crippen LogP contribution in [0.25, 0.3) is 16.6 Å². The van der Waals surface area contributed by atoms with E-state index < -0.39 is 23.5 Å². The van der Waals surface area contributed by atoms with Crippen LogP contribution in [-0.4, -0.2) is 15.6 Å². The maximum Gasteiger partial charge on any atom is 0.419 e. The molecule has 0 saturated carbocycles. The van der Waals surface area contributed by atoms with Gasteiger partial charge >= 0.3 is 12.1 Å². The van der Waals surface area contributed by atoms with Crippen molar-refractivity contribution in [2.45, 2.75) is 6.18 Å². The van der Waals surface area contributed by atoms with E-state index in [0.29, 0.717) is 17.0 Å². The Kier molecular flexibility index (Phi) is 3.35. The molecule has 0 saturated heterocycles. The lowest BCUT2D eigenvalue weighted by molar-refractivity contribution is -0.140. The molecule has 0 bridgehead atoms. The first-order valence-corrected chi connectivity index (χ1v) is 6.50. The van der Waals surface area contributed by atoms with Crippen LogP contribution in [0.4, 0.5) is 17.6 Å². The van der Waals surface area contributed by atoms with Crippen LogP contribution in [-0.2, 0) is 6.18 Å². The Balaban J connectivity index is 2.27. The maximum absolute atomic E-state index is 14.3. The number of nitrogens with zero attached hydrogens (tertiary/aromatic N) is 1. The summed E-state index contributed by atoms with van der Waals surface area (Å²) in [6.45, 7) is 0. The second-order valence-corrected chi connectivity index (χ2v) is 4.87. The van der Waals surface area contributed by atoms with Gasteiger partial charge in [-0.2, -0.15) is 13.2 Å². The Hall–Kier alpha value is -2.83. The molecule has 0 fully saturated rings. The molecule has 3 rings (SSSR count). The number of fused-ring (bicyclic) bond motifs is 1. The van der Waals surface area contributed by atoms with Gasteiger partial charge in [-0.15, -0.1) is 0 Å². The minimum atomic E-state index is -4.81. The van der Waals surface area contributed by atoms with Gasteiger partial charge in [0.1, 0.15) is 0 Å². The number of hydrogen-bond donors (Lipinski definition) is 1. The van der Waals surface area contributed by atoms with Crippen LogP contribution in [0.2, 0.25) is 0 Å². The Morgan fingerprint density at radius 1 is 1.04 bits per heavy atom. The van der Waals surface area contributed by atoms with Crippen molar-refractivity contribution in [2.75, 3.05) is 0 Å². The molecule has 0 aliphatic rings. The van der Waals surface area contributed by atoms with Gasteiger partial charge in [0.2, 0.25) is 0 Å². The number of carboxylic acid groups (broad SMARTS) is 1. The molecule has 0 unspecified atom stereocenters. The molecule has 0 radical (unpaired) electrons. The van der Waals surface area contributed by atoms with E-state index in [1.54, 1.807) is 0 Å². The van der Waals surface area contributed by atoms with Crippen LogP contribution in [0.5, 0.6) is 0 Å². The molecule has 0 spiro atoms. The molecule has 7 heteroatoms. The second-order valence-electron chi connectivity index (χ2n) is 4.87. The highest BCUT2D eigenvalue weighted by atomic mass is 19.4. The Bertz CT molecular complexity index is 912. The first-order chi connectivity index (χ1) is 10.8. The molecule has 0 amide bonds. The van der Waals surface area contributed by atoms with E-state index in [1.165, 1.54) is 41.1 Å². The van der Waals surface area contributed by atoms with Crippen molar-refractivity contribution < 1.29 is 27.5 Å². The van der Waals surface area contributed by atoms with E-state index in [-0.39, 0.29) is 11.3 Å². The smallest absolute Gasteiger partial charge is 0.419 e. The molecule has 2 aromatic carbocycles. The van der Waals surface area contributed by atoms with Gasteiger partial charge in [-0.1, -0.05) is 12.1 Å². The van der Waals surface area contributed by atoms with E-state index in [2.05, 4.69) is 0 Å². The first-order valence-electron chi connectivity index (χ1n) is 6.50. The molecular weight excluding hydrogens is 314 g/mol. The summed E-state index contributed by atoms with van der Waals surface area (Å²) in [5.41, 5.74) is -1.36. The van der Waals surface area contributed by atoms with Crippen LogP contribution in [0.3, 0.4) is 0 Å². The highest BCUT2D eigenvalue weighted by Gasteiger charge is 2.35. The summed E-state index contributed by atoms with van der Waals surface area (Å²) in [6.07, 6.45) is -3.47. The summed E-state index contributed by atoms with van der Waals surface area (Å²) >= 11 is 0.